The number of thioether (sulfide) groups is 1. The second-order valence-electron chi connectivity index (χ2n) is 7.58. The predicted molar refractivity (Wildman–Crippen MR) is 128 cm³/mol. The Labute approximate surface area is 190 Å². The van der Waals surface area contributed by atoms with Gasteiger partial charge < -0.3 is 9.64 Å². The lowest BCUT2D eigenvalue weighted by molar-refractivity contribution is -0.116. The summed E-state index contributed by atoms with van der Waals surface area (Å²) in [6, 6.07) is 8.04. The Balaban J connectivity index is 1.58. The molecule has 0 bridgehead atoms. The second kappa shape index (κ2) is 9.54. The van der Waals surface area contributed by atoms with Gasteiger partial charge >= 0.3 is 0 Å². The summed E-state index contributed by atoms with van der Waals surface area (Å²) in [7, 11) is 0. The minimum atomic E-state index is -0.0233. The van der Waals surface area contributed by atoms with Crippen molar-refractivity contribution in [3.63, 3.8) is 0 Å². The van der Waals surface area contributed by atoms with Crippen molar-refractivity contribution in [1.29, 1.82) is 0 Å². The zero-order valence-corrected chi connectivity index (χ0v) is 19.8. The number of aryl methyl sites for hydroxylation is 2. The van der Waals surface area contributed by atoms with Crippen molar-refractivity contribution >= 4 is 44.9 Å². The third-order valence-electron chi connectivity index (χ3n) is 5.64. The van der Waals surface area contributed by atoms with Crippen molar-refractivity contribution in [2.45, 2.75) is 45.3 Å². The van der Waals surface area contributed by atoms with Crippen LogP contribution in [-0.4, -0.2) is 41.0 Å². The van der Waals surface area contributed by atoms with Gasteiger partial charge in [0.05, 0.1) is 11.1 Å². The van der Waals surface area contributed by atoms with Crippen LogP contribution < -0.4 is 10.5 Å². The molecule has 0 N–H and O–H groups in total. The molecule has 0 atom stereocenters. The summed E-state index contributed by atoms with van der Waals surface area (Å²) in [5, 5.41) is 1.30. The van der Waals surface area contributed by atoms with E-state index in [1.807, 2.05) is 43.9 Å². The van der Waals surface area contributed by atoms with Crippen LogP contribution in [0.1, 0.15) is 29.3 Å². The molecule has 0 spiro atoms. The van der Waals surface area contributed by atoms with Crippen LogP contribution >= 0.6 is 23.1 Å². The molecule has 8 heteroatoms. The Morgan fingerprint density at radius 3 is 2.90 bits per heavy atom. The SMILES string of the molecule is CCOCCCn1c(SCC(=O)N2CCc3ccccc32)nc2sc(C)c(C)c2c1=O. The zero-order chi connectivity index (χ0) is 22.0. The smallest absolute Gasteiger partial charge is 0.263 e. The van der Waals surface area contributed by atoms with E-state index < -0.39 is 0 Å². The summed E-state index contributed by atoms with van der Waals surface area (Å²) in [6.07, 6.45) is 1.61. The first kappa shape index (κ1) is 22.0. The quantitative estimate of drug-likeness (QED) is 0.288. The van der Waals surface area contributed by atoms with Crippen molar-refractivity contribution in [2.24, 2.45) is 0 Å². The normalized spacial score (nSPS) is 13.2. The molecule has 6 nitrogen and oxygen atoms in total. The molecule has 3 aromatic rings. The highest BCUT2D eigenvalue weighted by Crippen LogP contribution is 2.30. The van der Waals surface area contributed by atoms with E-state index in [-0.39, 0.29) is 17.2 Å². The van der Waals surface area contributed by atoms with E-state index >= 15 is 0 Å². The van der Waals surface area contributed by atoms with E-state index in [1.165, 1.54) is 17.3 Å². The van der Waals surface area contributed by atoms with Gasteiger partial charge in [-0.25, -0.2) is 4.98 Å². The minimum absolute atomic E-state index is 0.0233. The number of aromatic nitrogens is 2. The number of amides is 1. The summed E-state index contributed by atoms with van der Waals surface area (Å²) in [4.78, 5) is 34.8. The second-order valence-corrected chi connectivity index (χ2v) is 9.72. The van der Waals surface area contributed by atoms with E-state index in [0.29, 0.717) is 36.8 Å². The molecular weight excluding hydrogens is 430 g/mol. The molecule has 4 rings (SSSR count). The fraction of sp³-hybridized carbons (Fsp3) is 0.435. The lowest BCUT2D eigenvalue weighted by atomic mass is 10.2. The Morgan fingerprint density at radius 1 is 1.29 bits per heavy atom. The van der Waals surface area contributed by atoms with Crippen molar-refractivity contribution in [3.05, 3.63) is 50.6 Å². The van der Waals surface area contributed by atoms with E-state index in [2.05, 4.69) is 6.07 Å². The molecule has 0 unspecified atom stereocenters. The number of carbonyl (C=O) groups is 1. The van der Waals surface area contributed by atoms with Gasteiger partial charge in [-0.05, 0) is 50.8 Å². The van der Waals surface area contributed by atoms with Crippen LogP contribution in [0.2, 0.25) is 0 Å². The van der Waals surface area contributed by atoms with Gasteiger partial charge in [-0.2, -0.15) is 0 Å². The average molecular weight is 458 g/mol. The predicted octanol–water partition coefficient (Wildman–Crippen LogP) is 4.18. The van der Waals surface area contributed by atoms with Crippen LogP contribution in [0.15, 0.2) is 34.2 Å². The van der Waals surface area contributed by atoms with Gasteiger partial charge in [0.25, 0.3) is 5.56 Å². The Kier molecular flexibility index (Phi) is 6.79. The third kappa shape index (κ3) is 4.42. The summed E-state index contributed by atoms with van der Waals surface area (Å²) < 4.78 is 7.17. The molecule has 31 heavy (non-hydrogen) atoms. The maximum Gasteiger partial charge on any atom is 0.263 e. The standard InChI is InChI=1S/C23H27N3O3S2/c1-4-29-13-7-11-26-22(28)20-15(2)16(3)31-21(20)24-23(26)30-14-19(27)25-12-10-17-8-5-6-9-18(17)25/h5-6,8-9H,4,7,10-14H2,1-3H3. The van der Waals surface area contributed by atoms with Gasteiger partial charge in [-0.1, -0.05) is 30.0 Å². The number of fused-ring (bicyclic) bond motifs is 2. The van der Waals surface area contributed by atoms with Gasteiger partial charge in [0.1, 0.15) is 4.83 Å². The van der Waals surface area contributed by atoms with Crippen LogP contribution in [0, 0.1) is 13.8 Å². The third-order valence-corrected chi connectivity index (χ3v) is 7.70. The molecule has 1 amide bonds. The molecule has 0 fully saturated rings. The first-order valence-electron chi connectivity index (χ1n) is 10.6. The number of anilines is 1. The lowest BCUT2D eigenvalue weighted by Crippen LogP contribution is -2.31. The first-order valence-corrected chi connectivity index (χ1v) is 12.4. The van der Waals surface area contributed by atoms with Crippen molar-refractivity contribution in [3.8, 4) is 0 Å². The molecule has 3 heterocycles. The number of carbonyl (C=O) groups excluding carboxylic acids is 1. The largest absolute Gasteiger partial charge is 0.382 e. The number of thiophene rings is 1. The van der Waals surface area contributed by atoms with Crippen LogP contribution in [-0.2, 0) is 22.5 Å². The molecule has 0 radical (unpaired) electrons. The highest BCUT2D eigenvalue weighted by Gasteiger charge is 2.25. The maximum atomic E-state index is 13.3. The highest BCUT2D eigenvalue weighted by atomic mass is 32.2. The van der Waals surface area contributed by atoms with Gasteiger partial charge in [0, 0.05) is 36.9 Å². The molecule has 1 aliphatic rings. The van der Waals surface area contributed by atoms with Crippen LogP contribution in [0.3, 0.4) is 0 Å². The molecule has 0 aliphatic carbocycles. The average Bonchev–Trinajstić information content (AvgIpc) is 3.32. The molecule has 2 aromatic heterocycles. The van der Waals surface area contributed by atoms with Crippen molar-refractivity contribution in [1.82, 2.24) is 9.55 Å². The number of hydrogen-bond acceptors (Lipinski definition) is 6. The van der Waals surface area contributed by atoms with E-state index in [4.69, 9.17) is 9.72 Å². The monoisotopic (exact) mass is 457 g/mol. The number of benzene rings is 1. The maximum absolute atomic E-state index is 13.3. The van der Waals surface area contributed by atoms with Gasteiger partial charge in [-0.15, -0.1) is 11.3 Å². The molecular formula is C23H27N3O3S2. The molecule has 164 valence electrons. The first-order chi connectivity index (χ1) is 15.0. The fourth-order valence-electron chi connectivity index (χ4n) is 3.89. The summed E-state index contributed by atoms with van der Waals surface area (Å²) >= 11 is 2.89. The van der Waals surface area contributed by atoms with Gasteiger partial charge in [0.2, 0.25) is 5.91 Å². The number of ether oxygens (including phenoxy) is 1. The van der Waals surface area contributed by atoms with Gasteiger partial charge in [-0.3, -0.25) is 14.2 Å². The van der Waals surface area contributed by atoms with E-state index in [1.54, 1.807) is 15.9 Å². The van der Waals surface area contributed by atoms with Gasteiger partial charge in [0.15, 0.2) is 5.16 Å². The highest BCUT2D eigenvalue weighted by molar-refractivity contribution is 7.99. The Morgan fingerprint density at radius 2 is 2.10 bits per heavy atom. The fourth-order valence-corrected chi connectivity index (χ4v) is 5.86. The zero-order valence-electron chi connectivity index (χ0n) is 18.1. The topological polar surface area (TPSA) is 64.4 Å². The summed E-state index contributed by atoms with van der Waals surface area (Å²) in [5.41, 5.74) is 3.18. The summed E-state index contributed by atoms with van der Waals surface area (Å²) in [6.45, 7) is 8.43. The van der Waals surface area contributed by atoms with Crippen molar-refractivity contribution < 1.29 is 9.53 Å². The number of hydrogen-bond donors (Lipinski definition) is 0. The minimum Gasteiger partial charge on any atom is -0.382 e. The molecule has 1 aliphatic heterocycles. The Hall–Kier alpha value is -2.16. The van der Waals surface area contributed by atoms with E-state index in [9.17, 15) is 9.59 Å². The van der Waals surface area contributed by atoms with Crippen LogP contribution in [0.5, 0.6) is 0 Å². The summed E-state index contributed by atoms with van der Waals surface area (Å²) in [5.74, 6) is 0.296. The molecule has 0 saturated carbocycles. The lowest BCUT2D eigenvalue weighted by Gasteiger charge is -2.18. The number of para-hydroxylation sites is 1. The molecule has 0 saturated heterocycles. The van der Waals surface area contributed by atoms with Crippen LogP contribution in [0.4, 0.5) is 5.69 Å². The number of nitrogens with zero attached hydrogens (tertiary/aromatic N) is 3. The van der Waals surface area contributed by atoms with E-state index in [0.717, 1.165) is 33.8 Å². The van der Waals surface area contributed by atoms with Crippen molar-refractivity contribution in [2.75, 3.05) is 30.4 Å². The number of rotatable bonds is 8. The van der Waals surface area contributed by atoms with Crippen LogP contribution in [0.25, 0.3) is 10.2 Å². The molecule has 1 aromatic carbocycles. The Bertz CT molecular complexity index is 1170.